The monoisotopic (exact) mass is 471 g/mol. The first-order valence-corrected chi connectivity index (χ1v) is 11.4. The Morgan fingerprint density at radius 2 is 1.43 bits per heavy atom. The van der Waals surface area contributed by atoms with Crippen molar-refractivity contribution in [3.63, 3.8) is 0 Å². The van der Waals surface area contributed by atoms with Gasteiger partial charge in [0.05, 0.1) is 16.7 Å². The van der Waals surface area contributed by atoms with E-state index in [1.807, 2.05) is 73.3 Å². The van der Waals surface area contributed by atoms with Gasteiger partial charge in [-0.3, -0.25) is 4.57 Å². The summed E-state index contributed by atoms with van der Waals surface area (Å²) in [6.07, 6.45) is -0.951. The van der Waals surface area contributed by atoms with E-state index < -0.39 is 30.2 Å². The first-order valence-electron chi connectivity index (χ1n) is 11.4. The van der Waals surface area contributed by atoms with E-state index in [1.54, 1.807) is 0 Å². The molecule has 0 unspecified atom stereocenters. The van der Waals surface area contributed by atoms with Crippen molar-refractivity contribution in [3.05, 3.63) is 96.3 Å². The highest BCUT2D eigenvalue weighted by atomic mass is 19.2. The quantitative estimate of drug-likeness (QED) is 0.242. The lowest BCUT2D eigenvalue weighted by Crippen LogP contribution is -2.61. The van der Waals surface area contributed by atoms with Crippen molar-refractivity contribution in [3.8, 4) is 5.69 Å². The van der Waals surface area contributed by atoms with Crippen LogP contribution in [0, 0.1) is 23.5 Å². The summed E-state index contributed by atoms with van der Waals surface area (Å²) < 4.78 is 61.2. The minimum Gasteiger partial charge on any atom is -0.311 e. The van der Waals surface area contributed by atoms with Gasteiger partial charge in [0.1, 0.15) is 5.82 Å². The highest BCUT2D eigenvalue weighted by Gasteiger charge is 2.44. The first-order chi connectivity index (χ1) is 17.0. The van der Waals surface area contributed by atoms with Crippen LogP contribution in [0.5, 0.6) is 0 Å². The van der Waals surface area contributed by atoms with Crippen LogP contribution >= 0.6 is 0 Å². The van der Waals surface area contributed by atoms with Crippen LogP contribution in [0.25, 0.3) is 16.7 Å². The lowest BCUT2D eigenvalue weighted by molar-refractivity contribution is 0.515. The molecule has 0 aliphatic carbocycles. The molecule has 0 saturated heterocycles. The number of hydrogen-bond donors (Lipinski definition) is 0. The number of halogens is 4. The average molecular weight is 471 g/mol. The lowest BCUT2D eigenvalue weighted by Gasteiger charge is -2.39. The Labute approximate surface area is 199 Å². The lowest BCUT2D eigenvalue weighted by atomic mass is 9.33. The van der Waals surface area contributed by atoms with Crippen LogP contribution in [0.2, 0.25) is 0 Å². The van der Waals surface area contributed by atoms with Crippen molar-refractivity contribution in [2.75, 3.05) is 4.90 Å². The van der Waals surface area contributed by atoms with Crippen LogP contribution in [0.15, 0.2) is 72.8 Å². The summed E-state index contributed by atoms with van der Waals surface area (Å²) >= 11 is 0. The van der Waals surface area contributed by atoms with Crippen LogP contribution in [0.1, 0.15) is 13.8 Å². The molecule has 0 bridgehead atoms. The van der Waals surface area contributed by atoms with E-state index in [1.165, 1.54) is 12.1 Å². The van der Waals surface area contributed by atoms with Crippen molar-refractivity contribution in [1.29, 1.82) is 0 Å². The van der Waals surface area contributed by atoms with Crippen LogP contribution in [-0.2, 0) is 0 Å². The number of imidazole rings is 1. The molecule has 0 amide bonds. The van der Waals surface area contributed by atoms with Crippen LogP contribution in [0.3, 0.4) is 0 Å². The molecule has 5 aromatic rings. The van der Waals surface area contributed by atoms with Crippen molar-refractivity contribution < 1.29 is 17.6 Å². The van der Waals surface area contributed by atoms with Gasteiger partial charge in [-0.2, -0.15) is 4.39 Å². The van der Waals surface area contributed by atoms with Gasteiger partial charge in [0, 0.05) is 23.1 Å². The minimum absolute atomic E-state index is 0.00178. The zero-order valence-electron chi connectivity index (χ0n) is 18.9. The fourth-order valence-corrected chi connectivity index (χ4v) is 5.30. The molecule has 0 radical (unpaired) electrons. The molecule has 8 heteroatoms. The summed E-state index contributed by atoms with van der Waals surface area (Å²) in [5.41, 5.74) is 3.45. The first kappa shape index (κ1) is 21.5. The van der Waals surface area contributed by atoms with Gasteiger partial charge >= 0.3 is 0 Å². The minimum atomic E-state index is -1.10. The second-order valence-electron chi connectivity index (χ2n) is 8.19. The normalized spacial score (nSPS) is 12.7. The third kappa shape index (κ3) is 2.82. The van der Waals surface area contributed by atoms with Gasteiger partial charge in [-0.05, 0) is 46.7 Å². The molecule has 172 valence electrons. The van der Waals surface area contributed by atoms with Crippen LogP contribution in [0.4, 0.5) is 34.6 Å². The maximum absolute atomic E-state index is 15.4. The molecule has 4 aromatic carbocycles. The predicted molar refractivity (Wildman–Crippen MR) is 132 cm³/mol. The van der Waals surface area contributed by atoms with E-state index in [-0.39, 0.29) is 22.2 Å². The Bertz CT molecular complexity index is 1630. The van der Waals surface area contributed by atoms with Gasteiger partial charge in [0.2, 0.25) is 0 Å². The van der Waals surface area contributed by atoms with Crippen molar-refractivity contribution in [2.45, 2.75) is 13.8 Å². The number of para-hydroxylation sites is 2. The molecule has 0 saturated carbocycles. The van der Waals surface area contributed by atoms with E-state index in [4.69, 9.17) is 0 Å². The topological polar surface area (TPSA) is 21.1 Å². The van der Waals surface area contributed by atoms with Crippen molar-refractivity contribution in [2.24, 2.45) is 0 Å². The average Bonchev–Trinajstić information content (AvgIpc) is 3.20. The summed E-state index contributed by atoms with van der Waals surface area (Å²) in [6, 6.07) is 20.1. The number of aromatic nitrogens is 2. The van der Waals surface area contributed by atoms with Gasteiger partial charge in [-0.1, -0.05) is 50.2 Å². The maximum atomic E-state index is 15.4. The molecule has 3 heterocycles. The summed E-state index contributed by atoms with van der Waals surface area (Å²) in [6.45, 7) is 3.24. The third-order valence-corrected chi connectivity index (χ3v) is 6.49. The standard InChI is InChI=1S/C25H12BF4N3.C2H6/c27-13-10-19-21-20(11-13)33-24-17(31-25(33)30)12-16(28)23(29)22(24)26(21)15-8-4-5-9-18(15)32(19)14-6-2-1-3-7-14;1-2/h1-12H;1-2H3. The molecular weight excluding hydrogens is 453 g/mol. The molecule has 2 aliphatic heterocycles. The van der Waals surface area contributed by atoms with Gasteiger partial charge in [-0.25, -0.2) is 18.2 Å². The molecule has 0 N–H and O–H groups in total. The number of hydrogen-bond acceptors (Lipinski definition) is 2. The number of rotatable bonds is 1. The summed E-state index contributed by atoms with van der Waals surface area (Å²) in [5, 5.41) is 0. The van der Waals surface area contributed by atoms with Gasteiger partial charge in [0.15, 0.2) is 11.6 Å². The zero-order chi connectivity index (χ0) is 24.4. The maximum Gasteiger partial charge on any atom is 0.294 e. The van der Waals surface area contributed by atoms with Gasteiger partial charge < -0.3 is 4.90 Å². The molecule has 1 aromatic heterocycles. The predicted octanol–water partition coefficient (Wildman–Crippen LogP) is 5.22. The largest absolute Gasteiger partial charge is 0.311 e. The molecular formula is C27H18BF4N3. The number of anilines is 3. The van der Waals surface area contributed by atoms with Crippen LogP contribution in [-0.4, -0.2) is 16.3 Å². The fourth-order valence-electron chi connectivity index (χ4n) is 5.30. The summed E-state index contributed by atoms with van der Waals surface area (Å²) in [4.78, 5) is 5.68. The SMILES string of the molecule is CC.Fc1cc2c3c(c1)-n1c(F)nc4cc(F)c(F)c(c41)B3c1ccccc1N2c1ccccc1. The van der Waals surface area contributed by atoms with E-state index in [9.17, 15) is 8.78 Å². The Hall–Kier alpha value is -4.07. The molecule has 3 nitrogen and oxygen atoms in total. The van der Waals surface area contributed by atoms with E-state index in [0.717, 1.165) is 16.3 Å². The smallest absolute Gasteiger partial charge is 0.294 e. The second kappa shape index (κ2) is 7.73. The highest BCUT2D eigenvalue weighted by Crippen LogP contribution is 2.39. The van der Waals surface area contributed by atoms with Crippen molar-refractivity contribution >= 4 is 51.2 Å². The van der Waals surface area contributed by atoms with E-state index >= 15 is 8.78 Å². The molecule has 0 spiro atoms. The Morgan fingerprint density at radius 3 is 2.20 bits per heavy atom. The molecule has 2 aliphatic rings. The molecule has 0 fully saturated rings. The highest BCUT2D eigenvalue weighted by molar-refractivity contribution is 7.00. The number of benzene rings is 4. The number of nitrogens with zero attached hydrogens (tertiary/aromatic N) is 3. The van der Waals surface area contributed by atoms with Gasteiger partial charge in [-0.15, -0.1) is 0 Å². The molecule has 0 atom stereocenters. The Kier molecular flexibility index (Phi) is 4.74. The number of fused-ring (bicyclic) bond motifs is 4. The van der Waals surface area contributed by atoms with Crippen molar-refractivity contribution in [1.82, 2.24) is 9.55 Å². The van der Waals surface area contributed by atoms with E-state index in [0.29, 0.717) is 22.3 Å². The fraction of sp³-hybridized carbons (Fsp3) is 0.0741. The molecule has 35 heavy (non-hydrogen) atoms. The Balaban J connectivity index is 0.00000112. The van der Waals surface area contributed by atoms with Crippen LogP contribution < -0.4 is 21.3 Å². The molecule has 7 rings (SSSR count). The second-order valence-corrected chi connectivity index (χ2v) is 8.19. The Morgan fingerprint density at radius 1 is 0.743 bits per heavy atom. The third-order valence-electron chi connectivity index (χ3n) is 6.49. The van der Waals surface area contributed by atoms with Gasteiger partial charge in [0.25, 0.3) is 12.8 Å². The summed E-state index contributed by atoms with van der Waals surface area (Å²) in [7, 11) is 0. The zero-order valence-corrected chi connectivity index (χ0v) is 18.9. The summed E-state index contributed by atoms with van der Waals surface area (Å²) in [5.74, 6) is -2.73. The van der Waals surface area contributed by atoms with E-state index in [2.05, 4.69) is 4.98 Å².